The molecule has 0 spiro atoms. The SMILES string of the molecule is Cc1cccc(C)c1SC1=C(/C=C/c2ccc(N(CCO)CCO)cc2)CC(C)(C)CC1=O. The van der Waals surface area contributed by atoms with Crippen molar-refractivity contribution in [3.63, 3.8) is 0 Å². The molecule has 0 unspecified atom stereocenters. The number of hydrogen-bond acceptors (Lipinski definition) is 5. The molecular weight excluding hydrogens is 430 g/mol. The summed E-state index contributed by atoms with van der Waals surface area (Å²) in [5, 5.41) is 18.5. The number of anilines is 1. The van der Waals surface area contributed by atoms with Gasteiger partial charge >= 0.3 is 0 Å². The monoisotopic (exact) mass is 465 g/mol. The van der Waals surface area contributed by atoms with E-state index in [0.29, 0.717) is 19.5 Å². The van der Waals surface area contributed by atoms with Crippen molar-refractivity contribution in [2.75, 3.05) is 31.2 Å². The molecule has 0 atom stereocenters. The fraction of sp³-hybridized carbons (Fsp3) is 0.393. The van der Waals surface area contributed by atoms with Crippen LogP contribution in [0.1, 0.15) is 43.4 Å². The molecule has 3 rings (SSSR count). The fourth-order valence-corrected chi connectivity index (χ4v) is 5.40. The summed E-state index contributed by atoms with van der Waals surface area (Å²) < 4.78 is 0. The van der Waals surface area contributed by atoms with Crippen molar-refractivity contribution in [2.45, 2.75) is 45.4 Å². The molecule has 176 valence electrons. The molecule has 1 aliphatic rings. The molecule has 0 radical (unpaired) electrons. The van der Waals surface area contributed by atoms with Crippen LogP contribution >= 0.6 is 11.8 Å². The molecule has 1 aliphatic carbocycles. The van der Waals surface area contributed by atoms with Gasteiger partial charge in [-0.1, -0.05) is 68.1 Å². The van der Waals surface area contributed by atoms with Gasteiger partial charge in [0.2, 0.25) is 0 Å². The molecule has 4 nitrogen and oxygen atoms in total. The van der Waals surface area contributed by atoms with E-state index in [1.807, 2.05) is 29.2 Å². The quantitative estimate of drug-likeness (QED) is 0.509. The van der Waals surface area contributed by atoms with Crippen LogP contribution in [0, 0.1) is 19.3 Å². The molecule has 0 aliphatic heterocycles. The first-order chi connectivity index (χ1) is 15.7. The molecule has 0 bridgehead atoms. The number of ketones is 1. The Hall–Kier alpha value is -2.34. The molecule has 0 amide bonds. The summed E-state index contributed by atoms with van der Waals surface area (Å²) in [6.07, 6.45) is 5.60. The number of Topliss-reactive ketones (excluding diaryl/α,β-unsaturated/α-hetero) is 1. The molecule has 0 saturated heterocycles. The van der Waals surface area contributed by atoms with Gasteiger partial charge in [0.05, 0.1) is 18.1 Å². The van der Waals surface area contributed by atoms with E-state index in [2.05, 4.69) is 58.0 Å². The summed E-state index contributed by atoms with van der Waals surface area (Å²) in [6.45, 7) is 9.57. The molecule has 2 N–H and O–H groups in total. The minimum Gasteiger partial charge on any atom is -0.395 e. The fourth-order valence-electron chi connectivity index (χ4n) is 4.28. The number of carbonyl (C=O) groups is 1. The highest BCUT2D eigenvalue weighted by atomic mass is 32.2. The maximum atomic E-state index is 13.1. The third kappa shape index (κ3) is 6.59. The smallest absolute Gasteiger partial charge is 0.170 e. The van der Waals surface area contributed by atoms with Crippen LogP contribution in [0.5, 0.6) is 0 Å². The second-order valence-corrected chi connectivity index (χ2v) is 10.5. The standard InChI is InChI=1S/C28H35NO3S/c1-20-6-5-7-21(2)26(20)33-27-23(18-28(3,4)19-25(27)32)11-8-22-9-12-24(13-10-22)29(14-16-30)15-17-31/h5-13,30-31H,14-19H2,1-4H3/b11-8+. The van der Waals surface area contributed by atoms with Gasteiger partial charge in [-0.3, -0.25) is 4.79 Å². The number of allylic oxidation sites excluding steroid dienone is 3. The van der Waals surface area contributed by atoms with Crippen molar-refractivity contribution in [3.8, 4) is 0 Å². The first-order valence-corrected chi connectivity index (χ1v) is 12.3. The van der Waals surface area contributed by atoms with Gasteiger partial charge in [-0.25, -0.2) is 0 Å². The predicted octanol–water partition coefficient (Wildman–Crippen LogP) is 5.54. The summed E-state index contributed by atoms with van der Waals surface area (Å²) >= 11 is 1.61. The molecule has 0 saturated carbocycles. The van der Waals surface area contributed by atoms with E-state index >= 15 is 0 Å². The van der Waals surface area contributed by atoms with E-state index in [-0.39, 0.29) is 24.4 Å². The Bertz CT molecular complexity index is 1010. The summed E-state index contributed by atoms with van der Waals surface area (Å²) in [5.74, 6) is 0.220. The van der Waals surface area contributed by atoms with Gasteiger partial charge in [0.25, 0.3) is 0 Å². The van der Waals surface area contributed by atoms with Gasteiger partial charge in [0, 0.05) is 30.1 Å². The average molecular weight is 466 g/mol. The van der Waals surface area contributed by atoms with E-state index < -0.39 is 0 Å². The summed E-state index contributed by atoms with van der Waals surface area (Å²) in [7, 11) is 0. The van der Waals surface area contributed by atoms with Crippen LogP contribution in [-0.2, 0) is 4.79 Å². The van der Waals surface area contributed by atoms with Crippen molar-refractivity contribution in [3.05, 3.63) is 75.7 Å². The Morgan fingerprint density at radius 1 is 0.939 bits per heavy atom. The molecular formula is C28H35NO3S. The van der Waals surface area contributed by atoms with Crippen LogP contribution in [0.15, 0.2) is 63.9 Å². The number of hydrogen-bond donors (Lipinski definition) is 2. The number of nitrogens with zero attached hydrogens (tertiary/aromatic N) is 1. The van der Waals surface area contributed by atoms with Crippen LogP contribution in [0.3, 0.4) is 0 Å². The lowest BCUT2D eigenvalue weighted by Gasteiger charge is -2.31. The molecule has 33 heavy (non-hydrogen) atoms. The van der Waals surface area contributed by atoms with E-state index in [0.717, 1.165) is 28.1 Å². The van der Waals surface area contributed by atoms with E-state index in [1.54, 1.807) is 11.8 Å². The Kier molecular flexibility index (Phi) is 8.57. The lowest BCUT2D eigenvalue weighted by atomic mass is 9.76. The van der Waals surface area contributed by atoms with Crippen LogP contribution in [0.4, 0.5) is 5.69 Å². The molecule has 2 aromatic rings. The third-order valence-corrected chi connectivity index (χ3v) is 7.48. The van der Waals surface area contributed by atoms with E-state index in [9.17, 15) is 15.0 Å². The van der Waals surface area contributed by atoms with Crippen LogP contribution in [-0.4, -0.2) is 42.3 Å². The van der Waals surface area contributed by atoms with Gasteiger partial charge in [-0.2, -0.15) is 0 Å². The zero-order chi connectivity index (χ0) is 24.0. The molecule has 0 fully saturated rings. The Labute approximate surface area is 202 Å². The van der Waals surface area contributed by atoms with Crippen molar-refractivity contribution in [2.24, 2.45) is 5.41 Å². The van der Waals surface area contributed by atoms with Crippen molar-refractivity contribution >= 4 is 29.3 Å². The van der Waals surface area contributed by atoms with Crippen LogP contribution in [0.25, 0.3) is 6.08 Å². The summed E-state index contributed by atoms with van der Waals surface area (Å²) in [6, 6.07) is 14.3. The lowest BCUT2D eigenvalue weighted by molar-refractivity contribution is -0.117. The van der Waals surface area contributed by atoms with Gasteiger partial charge < -0.3 is 15.1 Å². The van der Waals surface area contributed by atoms with Crippen molar-refractivity contribution in [1.82, 2.24) is 0 Å². The number of rotatable bonds is 9. The maximum absolute atomic E-state index is 13.1. The van der Waals surface area contributed by atoms with Gasteiger partial charge in [0.1, 0.15) is 0 Å². The number of benzene rings is 2. The number of carbonyl (C=O) groups excluding carboxylic acids is 1. The molecule has 2 aromatic carbocycles. The zero-order valence-corrected chi connectivity index (χ0v) is 20.9. The normalized spacial score (nSPS) is 16.0. The predicted molar refractivity (Wildman–Crippen MR) is 139 cm³/mol. The van der Waals surface area contributed by atoms with Gasteiger partial charge in [-0.15, -0.1) is 0 Å². The number of aryl methyl sites for hydroxylation is 2. The number of thioether (sulfide) groups is 1. The van der Waals surface area contributed by atoms with Gasteiger partial charge in [-0.05, 0) is 60.1 Å². The summed E-state index contributed by atoms with van der Waals surface area (Å²) in [5.41, 5.74) is 5.44. The van der Waals surface area contributed by atoms with Crippen LogP contribution in [0.2, 0.25) is 0 Å². The lowest BCUT2D eigenvalue weighted by Crippen LogP contribution is -2.29. The highest BCUT2D eigenvalue weighted by Gasteiger charge is 2.32. The van der Waals surface area contributed by atoms with E-state index in [1.165, 1.54) is 16.0 Å². The highest BCUT2D eigenvalue weighted by Crippen LogP contribution is 2.44. The van der Waals surface area contributed by atoms with Gasteiger partial charge in [0.15, 0.2) is 5.78 Å². The highest BCUT2D eigenvalue weighted by molar-refractivity contribution is 8.04. The maximum Gasteiger partial charge on any atom is 0.170 e. The second kappa shape index (κ2) is 11.2. The van der Waals surface area contributed by atoms with Crippen molar-refractivity contribution in [1.29, 1.82) is 0 Å². The Morgan fingerprint density at radius 3 is 2.12 bits per heavy atom. The first kappa shape index (κ1) is 25.3. The van der Waals surface area contributed by atoms with Crippen molar-refractivity contribution < 1.29 is 15.0 Å². The first-order valence-electron chi connectivity index (χ1n) is 11.5. The largest absolute Gasteiger partial charge is 0.395 e. The Balaban J connectivity index is 1.90. The average Bonchev–Trinajstić information content (AvgIpc) is 2.76. The third-order valence-electron chi connectivity index (χ3n) is 5.94. The zero-order valence-electron chi connectivity index (χ0n) is 20.1. The Morgan fingerprint density at radius 2 is 1.55 bits per heavy atom. The number of aliphatic hydroxyl groups excluding tert-OH is 2. The number of aliphatic hydroxyl groups is 2. The van der Waals surface area contributed by atoms with Crippen LogP contribution < -0.4 is 4.90 Å². The summed E-state index contributed by atoms with van der Waals surface area (Å²) in [4.78, 5) is 17.1. The topological polar surface area (TPSA) is 60.8 Å². The van der Waals surface area contributed by atoms with E-state index in [4.69, 9.17) is 0 Å². The molecule has 5 heteroatoms. The minimum absolute atomic E-state index is 0.0421. The second-order valence-electron chi connectivity index (χ2n) is 9.48. The molecule has 0 heterocycles. The molecule has 0 aromatic heterocycles. The minimum atomic E-state index is -0.0550.